The van der Waals surface area contributed by atoms with E-state index in [2.05, 4.69) is 74.0 Å². The topological polar surface area (TPSA) is 49.7 Å². The highest BCUT2D eigenvalue weighted by Gasteiger charge is 2.43. The molecule has 5 rings (SSSR count). The van der Waals surface area contributed by atoms with Gasteiger partial charge in [0.05, 0.1) is 6.61 Å². The third-order valence-corrected chi connectivity index (χ3v) is 7.86. The normalized spacial score (nSPS) is 21.2. The third kappa shape index (κ3) is 5.09. The van der Waals surface area contributed by atoms with E-state index in [1.165, 1.54) is 27.8 Å². The molecule has 2 aliphatic rings. The maximum Gasteiger partial charge on any atom is 0.119 e. The van der Waals surface area contributed by atoms with Crippen LogP contribution in [0.25, 0.3) is 0 Å². The summed E-state index contributed by atoms with van der Waals surface area (Å²) >= 11 is 3.78. The first kappa shape index (κ1) is 24.2. The van der Waals surface area contributed by atoms with Crippen LogP contribution in [-0.2, 0) is 12.8 Å². The van der Waals surface area contributed by atoms with E-state index >= 15 is 0 Å². The Morgan fingerprint density at radius 3 is 2.37 bits per heavy atom. The van der Waals surface area contributed by atoms with Crippen molar-refractivity contribution in [2.75, 3.05) is 6.61 Å². The molecule has 0 saturated carbocycles. The number of ether oxygens (including phenoxy) is 1. The summed E-state index contributed by atoms with van der Waals surface area (Å²) in [7, 11) is 0. The molecule has 3 aromatic rings. The zero-order chi connectivity index (χ0) is 25.0. The molecule has 0 fully saturated rings. The fraction of sp³-hybridized carbons (Fsp3) is 0.419. The molecule has 4 heteroatoms. The lowest BCUT2D eigenvalue weighted by atomic mass is 9.67. The van der Waals surface area contributed by atoms with Gasteiger partial charge in [-0.15, -0.1) is 0 Å². The highest BCUT2D eigenvalue weighted by Crippen LogP contribution is 2.54. The van der Waals surface area contributed by atoms with Crippen LogP contribution in [0.5, 0.6) is 17.2 Å². The van der Waals surface area contributed by atoms with Crippen LogP contribution in [0, 0.1) is 11.3 Å². The summed E-state index contributed by atoms with van der Waals surface area (Å²) in [5, 5.41) is 20.5. The van der Waals surface area contributed by atoms with Gasteiger partial charge in [0.25, 0.3) is 0 Å². The largest absolute Gasteiger partial charge is 0.508 e. The summed E-state index contributed by atoms with van der Waals surface area (Å²) < 4.78 is 6.41. The molecule has 0 radical (unpaired) electrons. The van der Waals surface area contributed by atoms with Crippen molar-refractivity contribution < 1.29 is 14.9 Å². The average molecular weight is 536 g/mol. The van der Waals surface area contributed by atoms with Gasteiger partial charge in [-0.3, -0.25) is 0 Å². The number of aromatic hydroxyl groups is 2. The molecule has 3 nitrogen and oxygen atoms in total. The Balaban J connectivity index is 1.48. The van der Waals surface area contributed by atoms with Gasteiger partial charge in [-0.1, -0.05) is 67.9 Å². The van der Waals surface area contributed by atoms with Crippen LogP contribution in [0.4, 0.5) is 0 Å². The summed E-state index contributed by atoms with van der Waals surface area (Å²) in [6.07, 6.45) is 2.89. The average Bonchev–Trinajstić information content (AvgIpc) is 3.11. The Morgan fingerprint density at radius 2 is 1.60 bits per heavy atom. The van der Waals surface area contributed by atoms with Crippen LogP contribution < -0.4 is 4.74 Å². The minimum Gasteiger partial charge on any atom is -0.508 e. The van der Waals surface area contributed by atoms with E-state index in [9.17, 15) is 10.2 Å². The van der Waals surface area contributed by atoms with Gasteiger partial charge in [-0.05, 0) is 95.3 Å². The molecule has 0 heterocycles. The molecule has 184 valence electrons. The quantitative estimate of drug-likeness (QED) is 0.318. The minimum atomic E-state index is 0.0342. The Morgan fingerprint density at radius 1 is 0.857 bits per heavy atom. The van der Waals surface area contributed by atoms with Crippen LogP contribution in [0.2, 0.25) is 0 Å². The second-order valence-corrected chi connectivity index (χ2v) is 14.0. The molecule has 35 heavy (non-hydrogen) atoms. The number of hydrogen-bond acceptors (Lipinski definition) is 3. The molecule has 0 amide bonds. The van der Waals surface area contributed by atoms with Gasteiger partial charge in [0.2, 0.25) is 0 Å². The van der Waals surface area contributed by atoms with Crippen LogP contribution in [0.1, 0.15) is 73.8 Å². The van der Waals surface area contributed by atoms with Crippen molar-refractivity contribution in [1.82, 2.24) is 0 Å². The fourth-order valence-electron chi connectivity index (χ4n) is 6.59. The summed E-state index contributed by atoms with van der Waals surface area (Å²) in [6.45, 7) is 9.53. The maximum absolute atomic E-state index is 10.4. The molecule has 0 saturated heterocycles. The number of fused-ring (bicyclic) bond motifs is 4. The van der Waals surface area contributed by atoms with Gasteiger partial charge in [0.1, 0.15) is 17.2 Å². The highest BCUT2D eigenvalue weighted by molar-refractivity contribution is 9.10. The Bertz CT molecular complexity index is 1240. The summed E-state index contributed by atoms with van der Waals surface area (Å²) in [5.41, 5.74) is 6.35. The lowest BCUT2D eigenvalue weighted by Gasteiger charge is -2.37. The van der Waals surface area contributed by atoms with E-state index in [0.29, 0.717) is 29.9 Å². The van der Waals surface area contributed by atoms with Gasteiger partial charge < -0.3 is 14.9 Å². The number of phenolic OH excluding ortho intramolecular Hbond substituents is 2. The zero-order valence-electron chi connectivity index (χ0n) is 21.0. The molecule has 0 spiro atoms. The van der Waals surface area contributed by atoms with Crippen molar-refractivity contribution >= 4 is 15.9 Å². The zero-order valence-corrected chi connectivity index (χ0v) is 22.6. The maximum atomic E-state index is 10.4. The standard InChI is InChI=1S/C31H35BrO3/c1-30(2,17-31(3,4)32)18-35-24-7-5-6-20(13-24)29-26-16-23(34)9-8-19(26)14-27-25-11-10-22(33)12-21(25)15-28(27)29/h5-13,16,27-29,33-34H,14-15,17-18H2,1-4H3/t27?,28?,29-/m1/s1. The van der Waals surface area contributed by atoms with Crippen molar-refractivity contribution in [2.24, 2.45) is 11.3 Å². The van der Waals surface area contributed by atoms with Crippen LogP contribution >= 0.6 is 15.9 Å². The fourth-order valence-corrected chi connectivity index (χ4v) is 7.35. The second-order valence-electron chi connectivity index (χ2n) is 11.8. The number of phenols is 2. The first-order valence-corrected chi connectivity index (χ1v) is 13.3. The molecular formula is C31H35BrO3. The number of hydrogen-bond donors (Lipinski definition) is 2. The second kappa shape index (κ2) is 8.89. The van der Waals surface area contributed by atoms with Crippen molar-refractivity contribution in [1.29, 1.82) is 0 Å². The summed E-state index contributed by atoms with van der Waals surface area (Å²) in [4.78, 5) is 0. The van der Waals surface area contributed by atoms with Crippen molar-refractivity contribution in [3.63, 3.8) is 0 Å². The molecule has 0 aromatic heterocycles. The predicted octanol–water partition coefficient (Wildman–Crippen LogP) is 7.71. The Labute approximate surface area is 217 Å². The van der Waals surface area contributed by atoms with Gasteiger partial charge in [0.15, 0.2) is 0 Å². The van der Waals surface area contributed by atoms with Crippen LogP contribution in [0.3, 0.4) is 0 Å². The number of alkyl halides is 1. The van der Waals surface area contributed by atoms with Gasteiger partial charge >= 0.3 is 0 Å². The number of rotatable bonds is 6. The molecule has 0 bridgehead atoms. The number of benzene rings is 3. The Hall–Kier alpha value is -2.46. The van der Waals surface area contributed by atoms with E-state index in [0.717, 1.165) is 25.0 Å². The monoisotopic (exact) mass is 534 g/mol. The molecule has 3 atom stereocenters. The van der Waals surface area contributed by atoms with Gasteiger partial charge in [0, 0.05) is 15.7 Å². The van der Waals surface area contributed by atoms with Crippen LogP contribution in [0.15, 0.2) is 60.7 Å². The van der Waals surface area contributed by atoms with E-state index in [-0.39, 0.29) is 15.7 Å². The van der Waals surface area contributed by atoms with Crippen LogP contribution in [-0.4, -0.2) is 21.1 Å². The van der Waals surface area contributed by atoms with Gasteiger partial charge in [-0.2, -0.15) is 0 Å². The van der Waals surface area contributed by atoms with E-state index in [1.54, 1.807) is 6.07 Å². The SMILES string of the molecule is CC(C)(Br)CC(C)(C)COc1cccc([C@@H]2c3cc(O)ccc3CC3c4ccc(O)cc4CC32)c1. The smallest absolute Gasteiger partial charge is 0.119 e. The van der Waals surface area contributed by atoms with Crippen molar-refractivity contribution in [3.05, 3.63) is 88.5 Å². The molecular weight excluding hydrogens is 500 g/mol. The van der Waals surface area contributed by atoms with Gasteiger partial charge in [-0.25, -0.2) is 0 Å². The molecule has 2 unspecified atom stereocenters. The van der Waals surface area contributed by atoms with E-state index in [4.69, 9.17) is 4.74 Å². The first-order valence-electron chi connectivity index (χ1n) is 12.5. The molecule has 2 aliphatic carbocycles. The lowest BCUT2D eigenvalue weighted by molar-refractivity contribution is 0.160. The minimum absolute atomic E-state index is 0.0342. The first-order chi connectivity index (χ1) is 16.5. The van der Waals surface area contributed by atoms with E-state index in [1.807, 2.05) is 24.3 Å². The lowest BCUT2D eigenvalue weighted by Crippen LogP contribution is -2.29. The predicted molar refractivity (Wildman–Crippen MR) is 145 cm³/mol. The molecule has 2 N–H and O–H groups in total. The summed E-state index contributed by atoms with van der Waals surface area (Å²) in [5.74, 6) is 2.47. The van der Waals surface area contributed by atoms with Crippen molar-refractivity contribution in [3.8, 4) is 17.2 Å². The third-order valence-electron chi connectivity index (χ3n) is 7.58. The molecule has 0 aliphatic heterocycles. The number of halogens is 1. The highest BCUT2D eigenvalue weighted by atomic mass is 79.9. The Kier molecular flexibility index (Phi) is 6.15. The van der Waals surface area contributed by atoms with E-state index < -0.39 is 0 Å². The van der Waals surface area contributed by atoms with Crippen molar-refractivity contribution in [2.45, 2.75) is 63.1 Å². The summed E-state index contributed by atoms with van der Waals surface area (Å²) in [6, 6.07) is 20.2. The molecule has 3 aromatic carbocycles.